The first-order chi connectivity index (χ1) is 9.62. The van der Waals surface area contributed by atoms with Crippen LogP contribution in [0.4, 0.5) is 5.82 Å². The summed E-state index contributed by atoms with van der Waals surface area (Å²) in [6.45, 7) is 3.41. The fraction of sp³-hybridized carbons (Fsp3) is 0.692. The van der Waals surface area contributed by atoms with Crippen molar-refractivity contribution in [2.75, 3.05) is 6.61 Å². The molecule has 7 nitrogen and oxygen atoms in total. The van der Waals surface area contributed by atoms with Gasteiger partial charge in [0.1, 0.15) is 18.0 Å². The van der Waals surface area contributed by atoms with Crippen LogP contribution in [0.1, 0.15) is 44.7 Å². The van der Waals surface area contributed by atoms with Crippen LogP contribution in [0.3, 0.4) is 0 Å². The molecule has 1 aliphatic rings. The maximum atomic E-state index is 9.96. The number of nitrogens with zero attached hydrogens (tertiary/aromatic N) is 3. The standard InChI is InChI=1S/C13H21N3O4/c1-3-8(18)12-13(14-4-2)16(7-15-12)11-5-9(19)10(6-17)20-11/h4,7-11,17-19H,3,5-6H2,1-2H3/b14-4-/t8-,9+,10-,11-/m1/s1. The van der Waals surface area contributed by atoms with Crippen molar-refractivity contribution in [1.29, 1.82) is 0 Å². The number of hydrogen-bond donors (Lipinski definition) is 3. The van der Waals surface area contributed by atoms with Gasteiger partial charge in [0, 0.05) is 12.6 Å². The third kappa shape index (κ3) is 2.76. The summed E-state index contributed by atoms with van der Waals surface area (Å²) < 4.78 is 7.28. The lowest BCUT2D eigenvalue weighted by molar-refractivity contribution is -0.0438. The van der Waals surface area contributed by atoms with Crippen molar-refractivity contribution in [3.63, 3.8) is 0 Å². The van der Waals surface area contributed by atoms with E-state index in [0.717, 1.165) is 0 Å². The summed E-state index contributed by atoms with van der Waals surface area (Å²) in [5.41, 5.74) is 0.496. The minimum absolute atomic E-state index is 0.233. The fourth-order valence-corrected chi connectivity index (χ4v) is 2.31. The van der Waals surface area contributed by atoms with Crippen LogP contribution in [0.25, 0.3) is 0 Å². The topological polar surface area (TPSA) is 100 Å². The van der Waals surface area contributed by atoms with Gasteiger partial charge in [0.15, 0.2) is 5.82 Å². The second kappa shape index (κ2) is 6.45. The van der Waals surface area contributed by atoms with E-state index >= 15 is 0 Å². The lowest BCUT2D eigenvalue weighted by Gasteiger charge is -2.15. The molecular formula is C13H21N3O4. The Bertz CT molecular complexity index is 474. The second-order valence-electron chi connectivity index (χ2n) is 4.79. The SMILES string of the molecule is C/C=N\c1c([C@H](O)CC)ncn1[C@H]1C[C@H](O)[C@@H](CO)O1. The quantitative estimate of drug-likeness (QED) is 0.690. The highest BCUT2D eigenvalue weighted by molar-refractivity contribution is 5.60. The van der Waals surface area contributed by atoms with Gasteiger partial charge in [0.2, 0.25) is 0 Å². The largest absolute Gasteiger partial charge is 0.394 e. The molecule has 1 aromatic heterocycles. The summed E-state index contributed by atoms with van der Waals surface area (Å²) in [5.74, 6) is 0.526. The molecule has 4 atom stereocenters. The third-order valence-corrected chi connectivity index (χ3v) is 3.44. The van der Waals surface area contributed by atoms with E-state index in [1.165, 1.54) is 0 Å². The van der Waals surface area contributed by atoms with Crippen LogP contribution >= 0.6 is 0 Å². The normalized spacial score (nSPS) is 28.4. The molecule has 2 heterocycles. The van der Waals surface area contributed by atoms with E-state index in [2.05, 4.69) is 9.98 Å². The molecule has 3 N–H and O–H groups in total. The minimum atomic E-state index is -0.717. The molecule has 0 saturated carbocycles. The van der Waals surface area contributed by atoms with Crippen LogP contribution < -0.4 is 0 Å². The Hall–Kier alpha value is -1.28. The molecule has 0 amide bonds. The average molecular weight is 283 g/mol. The Balaban J connectivity index is 2.30. The summed E-state index contributed by atoms with van der Waals surface area (Å²) in [7, 11) is 0. The fourth-order valence-electron chi connectivity index (χ4n) is 2.31. The molecule has 0 radical (unpaired) electrons. The maximum absolute atomic E-state index is 9.96. The zero-order chi connectivity index (χ0) is 14.7. The van der Waals surface area contributed by atoms with Crippen molar-refractivity contribution in [3.8, 4) is 0 Å². The zero-order valence-corrected chi connectivity index (χ0v) is 11.7. The molecule has 112 valence electrons. The van der Waals surface area contributed by atoms with E-state index in [4.69, 9.17) is 9.84 Å². The van der Waals surface area contributed by atoms with E-state index in [1.54, 1.807) is 24.0 Å². The molecule has 0 aromatic carbocycles. The van der Waals surface area contributed by atoms with Crippen LogP contribution in [0.2, 0.25) is 0 Å². The van der Waals surface area contributed by atoms with Gasteiger partial charge in [-0.05, 0) is 13.3 Å². The molecule has 1 fully saturated rings. The number of aliphatic hydroxyl groups excluding tert-OH is 3. The first-order valence-corrected chi connectivity index (χ1v) is 6.80. The van der Waals surface area contributed by atoms with Gasteiger partial charge < -0.3 is 20.1 Å². The number of hydrogen-bond acceptors (Lipinski definition) is 6. The van der Waals surface area contributed by atoms with Crippen molar-refractivity contribution in [1.82, 2.24) is 9.55 Å². The predicted octanol–water partition coefficient (Wildman–Crippen LogP) is 0.689. The van der Waals surface area contributed by atoms with Gasteiger partial charge in [-0.25, -0.2) is 9.98 Å². The van der Waals surface area contributed by atoms with Crippen LogP contribution in [0, 0.1) is 0 Å². The minimum Gasteiger partial charge on any atom is -0.394 e. The summed E-state index contributed by atoms with van der Waals surface area (Å²) >= 11 is 0. The molecule has 2 rings (SSSR count). The molecule has 1 saturated heterocycles. The number of aromatic nitrogens is 2. The zero-order valence-electron chi connectivity index (χ0n) is 11.7. The van der Waals surface area contributed by atoms with Gasteiger partial charge in [0.25, 0.3) is 0 Å². The average Bonchev–Trinajstić information content (AvgIpc) is 3.02. The summed E-state index contributed by atoms with van der Waals surface area (Å²) in [6.07, 6.45) is 1.63. The molecule has 0 bridgehead atoms. The van der Waals surface area contributed by atoms with Gasteiger partial charge >= 0.3 is 0 Å². The third-order valence-electron chi connectivity index (χ3n) is 3.44. The summed E-state index contributed by atoms with van der Waals surface area (Å²) in [5, 5.41) is 28.9. The monoisotopic (exact) mass is 283 g/mol. The highest BCUT2D eigenvalue weighted by Crippen LogP contribution is 2.35. The molecule has 1 aliphatic heterocycles. The molecule has 7 heteroatoms. The Morgan fingerprint density at radius 2 is 2.40 bits per heavy atom. The van der Waals surface area contributed by atoms with Crippen molar-refractivity contribution >= 4 is 12.0 Å². The Labute approximate surface area is 117 Å². The van der Waals surface area contributed by atoms with E-state index in [9.17, 15) is 10.2 Å². The van der Waals surface area contributed by atoms with Crippen molar-refractivity contribution in [2.24, 2.45) is 4.99 Å². The van der Waals surface area contributed by atoms with Crippen molar-refractivity contribution < 1.29 is 20.1 Å². The number of aliphatic imine (C=N–C) groups is 1. The Morgan fingerprint density at radius 1 is 1.65 bits per heavy atom. The summed E-state index contributed by atoms with van der Waals surface area (Å²) in [4.78, 5) is 8.45. The smallest absolute Gasteiger partial charge is 0.160 e. The van der Waals surface area contributed by atoms with Gasteiger partial charge in [0.05, 0.1) is 25.1 Å². The van der Waals surface area contributed by atoms with Crippen molar-refractivity contribution in [3.05, 3.63) is 12.0 Å². The van der Waals surface area contributed by atoms with E-state index < -0.39 is 24.5 Å². The van der Waals surface area contributed by atoms with Gasteiger partial charge in [-0.1, -0.05) is 6.92 Å². The number of aliphatic hydroxyl groups is 3. The van der Waals surface area contributed by atoms with E-state index in [1.807, 2.05) is 6.92 Å². The Morgan fingerprint density at radius 3 is 2.95 bits per heavy atom. The van der Waals surface area contributed by atoms with Crippen LogP contribution in [-0.4, -0.2) is 49.9 Å². The molecule has 0 aliphatic carbocycles. The van der Waals surface area contributed by atoms with Crippen LogP contribution in [-0.2, 0) is 4.74 Å². The van der Waals surface area contributed by atoms with Crippen LogP contribution in [0.5, 0.6) is 0 Å². The Kier molecular flexibility index (Phi) is 4.87. The maximum Gasteiger partial charge on any atom is 0.160 e. The van der Waals surface area contributed by atoms with Crippen molar-refractivity contribution in [2.45, 2.75) is 51.2 Å². The van der Waals surface area contributed by atoms with E-state index in [0.29, 0.717) is 24.4 Å². The highest BCUT2D eigenvalue weighted by Gasteiger charge is 2.36. The lowest BCUT2D eigenvalue weighted by Crippen LogP contribution is -2.24. The molecule has 20 heavy (non-hydrogen) atoms. The summed E-state index contributed by atoms with van der Waals surface area (Å²) in [6, 6.07) is 0. The first kappa shape index (κ1) is 15.1. The second-order valence-corrected chi connectivity index (χ2v) is 4.79. The molecule has 0 unspecified atom stereocenters. The number of ether oxygens (including phenoxy) is 1. The predicted molar refractivity (Wildman–Crippen MR) is 72.9 cm³/mol. The van der Waals surface area contributed by atoms with Crippen LogP contribution in [0.15, 0.2) is 11.3 Å². The lowest BCUT2D eigenvalue weighted by atomic mass is 10.2. The molecular weight excluding hydrogens is 262 g/mol. The van der Waals surface area contributed by atoms with Gasteiger partial charge in [-0.2, -0.15) is 0 Å². The number of imidazole rings is 1. The molecule has 0 spiro atoms. The van der Waals surface area contributed by atoms with Gasteiger partial charge in [-0.3, -0.25) is 4.57 Å². The molecule has 1 aromatic rings. The van der Waals surface area contributed by atoms with Gasteiger partial charge in [-0.15, -0.1) is 0 Å². The number of rotatable bonds is 5. The highest BCUT2D eigenvalue weighted by atomic mass is 16.5. The first-order valence-electron chi connectivity index (χ1n) is 6.80. The van der Waals surface area contributed by atoms with E-state index in [-0.39, 0.29) is 6.61 Å².